The molecule has 1 heterocycles. The molecule has 1 aliphatic rings. The summed E-state index contributed by atoms with van der Waals surface area (Å²) in [5.74, 6) is 0.652. The predicted octanol–water partition coefficient (Wildman–Crippen LogP) is 3.94. The molecule has 2 rings (SSSR count). The molecule has 0 aliphatic carbocycles. The number of rotatable bonds is 4. The van der Waals surface area contributed by atoms with E-state index in [2.05, 4.69) is 0 Å². The first-order chi connectivity index (χ1) is 9.58. The maximum Gasteiger partial charge on any atom is 0.245 e. The van der Waals surface area contributed by atoms with Crippen LogP contribution in [0, 0.1) is 0 Å². The third kappa shape index (κ3) is 2.94. The van der Waals surface area contributed by atoms with Gasteiger partial charge in [-0.1, -0.05) is 17.7 Å². The third-order valence-electron chi connectivity index (χ3n) is 3.19. The van der Waals surface area contributed by atoms with Gasteiger partial charge in [0.2, 0.25) is 5.91 Å². The zero-order valence-corrected chi connectivity index (χ0v) is 13.0. The van der Waals surface area contributed by atoms with E-state index in [1.807, 2.05) is 32.1 Å². The van der Waals surface area contributed by atoms with Crippen molar-refractivity contribution in [3.05, 3.63) is 34.9 Å². The van der Waals surface area contributed by atoms with Gasteiger partial charge in [0.1, 0.15) is 11.1 Å². The first kappa shape index (κ1) is 15.2. The Morgan fingerprint density at radius 2 is 2.15 bits per heavy atom. The van der Waals surface area contributed by atoms with Crippen LogP contribution in [0.2, 0.25) is 5.02 Å². The van der Waals surface area contributed by atoms with Gasteiger partial charge in [0.15, 0.2) is 0 Å². The normalized spacial score (nSPS) is 19.0. The number of benzene rings is 1. The van der Waals surface area contributed by atoms with Crippen LogP contribution in [-0.2, 0) is 4.79 Å². The summed E-state index contributed by atoms with van der Waals surface area (Å²) >= 11 is 12.3. The van der Waals surface area contributed by atoms with Crippen LogP contribution in [0.5, 0.6) is 5.75 Å². The minimum atomic E-state index is -0.486. The van der Waals surface area contributed by atoms with Gasteiger partial charge in [-0.15, -0.1) is 11.6 Å². The average molecular weight is 314 g/mol. The Hall–Kier alpha value is -1.19. The number of nitrogens with zero attached hydrogens (tertiary/aromatic N) is 1. The van der Waals surface area contributed by atoms with Crippen molar-refractivity contribution < 1.29 is 9.53 Å². The van der Waals surface area contributed by atoms with Crippen molar-refractivity contribution in [2.24, 2.45) is 0 Å². The van der Waals surface area contributed by atoms with E-state index >= 15 is 0 Å². The van der Waals surface area contributed by atoms with Crippen LogP contribution in [0.3, 0.4) is 0 Å². The Balaban J connectivity index is 2.37. The number of allylic oxidation sites excluding steroid dienone is 1. The topological polar surface area (TPSA) is 29.5 Å². The fourth-order valence-electron chi connectivity index (χ4n) is 2.26. The molecule has 0 bridgehead atoms. The molecule has 0 saturated carbocycles. The van der Waals surface area contributed by atoms with Gasteiger partial charge in [-0.25, -0.2) is 0 Å². The molecule has 1 unspecified atom stereocenters. The summed E-state index contributed by atoms with van der Waals surface area (Å²) in [6, 6.07) is 5.51. The number of hydrogen-bond donors (Lipinski definition) is 0. The smallest absolute Gasteiger partial charge is 0.245 e. The van der Waals surface area contributed by atoms with E-state index < -0.39 is 5.38 Å². The Morgan fingerprint density at radius 1 is 1.40 bits per heavy atom. The highest BCUT2D eigenvalue weighted by molar-refractivity contribution is 6.33. The van der Waals surface area contributed by atoms with Gasteiger partial charge < -0.3 is 9.64 Å². The summed E-state index contributed by atoms with van der Waals surface area (Å²) in [6.45, 7) is 5.00. The van der Waals surface area contributed by atoms with Crippen LogP contribution in [0.15, 0.2) is 24.3 Å². The summed E-state index contributed by atoms with van der Waals surface area (Å²) in [5.41, 5.74) is 1.65. The minimum absolute atomic E-state index is 0.0726. The standard InChI is InChI=1S/C15H17Cl2NO2/c1-3-18-14(8-7-12(16)15(18)19)11-6-5-10(20-4-2)9-13(11)17/h5-6,8-9,12H,3-4,7H2,1-2H3. The Labute approximate surface area is 129 Å². The molecule has 1 aliphatic heterocycles. The van der Waals surface area contributed by atoms with Gasteiger partial charge in [0, 0.05) is 17.8 Å². The van der Waals surface area contributed by atoms with Crippen LogP contribution >= 0.6 is 23.2 Å². The molecular weight excluding hydrogens is 297 g/mol. The monoisotopic (exact) mass is 313 g/mol. The highest BCUT2D eigenvalue weighted by Gasteiger charge is 2.29. The molecule has 1 aromatic carbocycles. The molecule has 1 aromatic rings. The summed E-state index contributed by atoms with van der Waals surface area (Å²) in [6.07, 6.45) is 2.49. The Kier molecular flexibility index (Phi) is 4.95. The number of carbonyl (C=O) groups excluding carboxylic acids is 1. The zero-order valence-electron chi connectivity index (χ0n) is 11.5. The van der Waals surface area contributed by atoms with E-state index in [0.29, 0.717) is 24.6 Å². The number of halogens is 2. The van der Waals surface area contributed by atoms with Gasteiger partial charge >= 0.3 is 0 Å². The molecule has 108 valence electrons. The van der Waals surface area contributed by atoms with E-state index in [4.69, 9.17) is 27.9 Å². The first-order valence-electron chi connectivity index (χ1n) is 6.66. The summed E-state index contributed by atoms with van der Waals surface area (Å²) < 4.78 is 5.41. The van der Waals surface area contributed by atoms with Gasteiger partial charge in [-0.3, -0.25) is 4.79 Å². The highest BCUT2D eigenvalue weighted by atomic mass is 35.5. The zero-order chi connectivity index (χ0) is 14.7. The lowest BCUT2D eigenvalue weighted by molar-refractivity contribution is -0.127. The van der Waals surface area contributed by atoms with Crippen molar-refractivity contribution in [2.45, 2.75) is 25.6 Å². The number of carbonyl (C=O) groups is 1. The van der Waals surface area contributed by atoms with E-state index in [-0.39, 0.29) is 5.91 Å². The van der Waals surface area contributed by atoms with Crippen molar-refractivity contribution >= 4 is 34.8 Å². The summed E-state index contributed by atoms with van der Waals surface area (Å²) in [7, 11) is 0. The lowest BCUT2D eigenvalue weighted by Crippen LogP contribution is -2.38. The van der Waals surface area contributed by atoms with Crippen molar-refractivity contribution in [3.8, 4) is 5.75 Å². The van der Waals surface area contributed by atoms with E-state index in [1.165, 1.54) is 0 Å². The molecule has 0 radical (unpaired) electrons. The Morgan fingerprint density at radius 3 is 2.75 bits per heavy atom. The molecule has 1 amide bonds. The predicted molar refractivity (Wildman–Crippen MR) is 82.2 cm³/mol. The molecule has 0 fully saturated rings. The number of ether oxygens (including phenoxy) is 1. The molecule has 5 heteroatoms. The van der Waals surface area contributed by atoms with Crippen molar-refractivity contribution in [1.29, 1.82) is 0 Å². The Bertz CT molecular complexity index is 543. The third-order valence-corrected chi connectivity index (χ3v) is 3.86. The number of hydrogen-bond acceptors (Lipinski definition) is 2. The van der Waals surface area contributed by atoms with Crippen molar-refractivity contribution in [1.82, 2.24) is 4.90 Å². The molecule has 3 nitrogen and oxygen atoms in total. The lowest BCUT2D eigenvalue weighted by atomic mass is 10.0. The molecule has 1 atom stereocenters. The van der Waals surface area contributed by atoms with Gasteiger partial charge in [-0.2, -0.15) is 0 Å². The van der Waals surface area contributed by atoms with Crippen LogP contribution in [-0.4, -0.2) is 29.3 Å². The largest absolute Gasteiger partial charge is 0.494 e. The molecule has 20 heavy (non-hydrogen) atoms. The average Bonchev–Trinajstić information content (AvgIpc) is 2.43. The number of amides is 1. The summed E-state index contributed by atoms with van der Waals surface area (Å²) in [4.78, 5) is 13.8. The maximum absolute atomic E-state index is 12.1. The maximum atomic E-state index is 12.1. The van der Waals surface area contributed by atoms with E-state index in [0.717, 1.165) is 17.0 Å². The second kappa shape index (κ2) is 6.51. The fourth-order valence-corrected chi connectivity index (χ4v) is 2.73. The molecule has 0 spiro atoms. The second-order valence-electron chi connectivity index (χ2n) is 4.45. The molecule has 0 N–H and O–H groups in total. The number of alkyl halides is 1. The first-order valence-corrected chi connectivity index (χ1v) is 7.48. The van der Waals surface area contributed by atoms with Crippen LogP contribution in [0.4, 0.5) is 0 Å². The lowest BCUT2D eigenvalue weighted by Gasteiger charge is -2.30. The van der Waals surface area contributed by atoms with Crippen LogP contribution in [0.1, 0.15) is 25.8 Å². The molecule has 0 aromatic heterocycles. The van der Waals surface area contributed by atoms with Gasteiger partial charge in [-0.05, 0) is 38.5 Å². The molecular formula is C15H17Cl2NO2. The van der Waals surface area contributed by atoms with Gasteiger partial charge in [0.05, 0.1) is 11.6 Å². The minimum Gasteiger partial charge on any atom is -0.494 e. The summed E-state index contributed by atoms with van der Waals surface area (Å²) in [5, 5.41) is 0.0849. The van der Waals surface area contributed by atoms with E-state index in [1.54, 1.807) is 11.0 Å². The van der Waals surface area contributed by atoms with E-state index in [9.17, 15) is 4.79 Å². The molecule has 0 saturated heterocycles. The van der Waals surface area contributed by atoms with Gasteiger partial charge in [0.25, 0.3) is 0 Å². The van der Waals surface area contributed by atoms with Crippen molar-refractivity contribution in [2.75, 3.05) is 13.2 Å². The van der Waals surface area contributed by atoms with Crippen molar-refractivity contribution in [3.63, 3.8) is 0 Å². The fraction of sp³-hybridized carbons (Fsp3) is 0.400. The van der Waals surface area contributed by atoms with Crippen LogP contribution < -0.4 is 4.74 Å². The van der Waals surface area contributed by atoms with Crippen LogP contribution in [0.25, 0.3) is 5.70 Å². The highest BCUT2D eigenvalue weighted by Crippen LogP contribution is 2.33. The quantitative estimate of drug-likeness (QED) is 0.788. The second-order valence-corrected chi connectivity index (χ2v) is 5.38. The SMILES string of the molecule is CCOc1ccc(C2=CCC(Cl)C(=O)N2CC)c(Cl)c1.